The van der Waals surface area contributed by atoms with Crippen LogP contribution in [0.25, 0.3) is 0 Å². The summed E-state index contributed by atoms with van der Waals surface area (Å²) in [7, 11) is 1.65. The minimum absolute atomic E-state index is 0.0514. The lowest BCUT2D eigenvalue weighted by Gasteiger charge is -2.32. The third-order valence-corrected chi connectivity index (χ3v) is 8.06. The standard InChI is InChI=1S/C28H40N2O3S/c1-5-25-24(18-23(34-25)17-19(2)3)27(20-9-7-6-8-10-20)29-22-13-11-21(12-14-22)28(33)30(4)16-15-26(31)32/h11-14,18-20,27,29H,5-10,15-17H2,1-4H3,(H,31,32). The van der Waals surface area contributed by atoms with Gasteiger partial charge in [-0.05, 0) is 73.4 Å². The summed E-state index contributed by atoms with van der Waals surface area (Å²) in [6.07, 6.45) is 8.55. The van der Waals surface area contributed by atoms with Crippen LogP contribution in [0.1, 0.15) is 91.0 Å². The fourth-order valence-electron chi connectivity index (χ4n) is 4.93. The maximum Gasteiger partial charge on any atom is 0.305 e. The van der Waals surface area contributed by atoms with E-state index >= 15 is 0 Å². The highest BCUT2D eigenvalue weighted by atomic mass is 32.1. The molecule has 3 rings (SSSR count). The van der Waals surface area contributed by atoms with E-state index in [2.05, 4.69) is 32.2 Å². The first-order valence-electron chi connectivity index (χ1n) is 12.7. The number of carbonyl (C=O) groups excluding carboxylic acids is 1. The summed E-state index contributed by atoms with van der Waals surface area (Å²) in [5.74, 6) is 0.213. The van der Waals surface area contributed by atoms with Gasteiger partial charge in [-0.3, -0.25) is 9.59 Å². The van der Waals surface area contributed by atoms with E-state index in [1.807, 2.05) is 35.6 Å². The molecule has 6 heteroatoms. The van der Waals surface area contributed by atoms with Gasteiger partial charge in [0.25, 0.3) is 5.91 Å². The average Bonchev–Trinajstić information content (AvgIpc) is 3.23. The van der Waals surface area contributed by atoms with Crippen LogP contribution in [0.5, 0.6) is 0 Å². The number of hydrogen-bond donors (Lipinski definition) is 2. The first-order chi connectivity index (χ1) is 16.3. The number of nitrogens with zero attached hydrogens (tertiary/aromatic N) is 1. The molecule has 5 nitrogen and oxygen atoms in total. The van der Waals surface area contributed by atoms with E-state index in [0.717, 1.165) is 18.5 Å². The minimum atomic E-state index is -0.899. The lowest BCUT2D eigenvalue weighted by molar-refractivity contribution is -0.137. The molecule has 0 radical (unpaired) electrons. The molecule has 1 aliphatic carbocycles. The van der Waals surface area contributed by atoms with Gasteiger partial charge in [0.05, 0.1) is 12.5 Å². The number of nitrogens with one attached hydrogen (secondary N) is 1. The number of anilines is 1. The molecule has 1 amide bonds. The van der Waals surface area contributed by atoms with Crippen molar-refractivity contribution in [1.29, 1.82) is 0 Å². The quantitative estimate of drug-likeness (QED) is 0.368. The second kappa shape index (κ2) is 12.4. The Morgan fingerprint density at radius 3 is 2.41 bits per heavy atom. The van der Waals surface area contributed by atoms with Crippen molar-refractivity contribution in [3.63, 3.8) is 0 Å². The van der Waals surface area contributed by atoms with Crippen LogP contribution in [-0.4, -0.2) is 35.5 Å². The van der Waals surface area contributed by atoms with Crippen molar-refractivity contribution in [2.24, 2.45) is 11.8 Å². The third-order valence-electron chi connectivity index (χ3n) is 6.74. The van der Waals surface area contributed by atoms with Gasteiger partial charge in [0, 0.05) is 34.6 Å². The van der Waals surface area contributed by atoms with Crippen LogP contribution < -0.4 is 5.32 Å². The fourth-order valence-corrected chi connectivity index (χ4v) is 6.30. The molecule has 1 unspecified atom stereocenters. The summed E-state index contributed by atoms with van der Waals surface area (Å²) < 4.78 is 0. The van der Waals surface area contributed by atoms with Gasteiger partial charge in [0.2, 0.25) is 0 Å². The lowest BCUT2D eigenvalue weighted by atomic mass is 9.80. The molecule has 1 heterocycles. The van der Waals surface area contributed by atoms with Crippen LogP contribution in [0.3, 0.4) is 0 Å². The highest BCUT2D eigenvalue weighted by molar-refractivity contribution is 7.12. The average molecular weight is 485 g/mol. The predicted octanol–water partition coefficient (Wildman–Crippen LogP) is 6.79. The van der Waals surface area contributed by atoms with Gasteiger partial charge < -0.3 is 15.3 Å². The smallest absolute Gasteiger partial charge is 0.305 e. The number of carboxylic acids is 1. The number of thiophene rings is 1. The fraction of sp³-hybridized carbons (Fsp3) is 0.571. The first-order valence-corrected chi connectivity index (χ1v) is 13.6. The van der Waals surface area contributed by atoms with E-state index in [9.17, 15) is 9.59 Å². The molecular formula is C28H40N2O3S. The van der Waals surface area contributed by atoms with Gasteiger partial charge in [0.15, 0.2) is 0 Å². The van der Waals surface area contributed by atoms with Gasteiger partial charge >= 0.3 is 5.97 Å². The molecule has 2 aromatic rings. The predicted molar refractivity (Wildman–Crippen MR) is 141 cm³/mol. The molecule has 0 aliphatic heterocycles. The van der Waals surface area contributed by atoms with E-state index < -0.39 is 5.97 Å². The van der Waals surface area contributed by atoms with Crippen molar-refractivity contribution in [3.8, 4) is 0 Å². The van der Waals surface area contributed by atoms with Crippen LogP contribution in [0.4, 0.5) is 5.69 Å². The highest BCUT2D eigenvalue weighted by Gasteiger charge is 2.28. The zero-order chi connectivity index (χ0) is 24.7. The van der Waals surface area contributed by atoms with Crippen LogP contribution in [0, 0.1) is 11.8 Å². The summed E-state index contributed by atoms with van der Waals surface area (Å²) in [5.41, 5.74) is 3.07. The number of aliphatic carboxylic acids is 1. The van der Waals surface area contributed by atoms with E-state index in [-0.39, 0.29) is 24.9 Å². The molecular weight excluding hydrogens is 444 g/mol. The van der Waals surface area contributed by atoms with Gasteiger partial charge in [-0.25, -0.2) is 0 Å². The number of hydrogen-bond acceptors (Lipinski definition) is 4. The zero-order valence-corrected chi connectivity index (χ0v) is 21.9. The molecule has 1 aliphatic rings. The molecule has 0 spiro atoms. The summed E-state index contributed by atoms with van der Waals surface area (Å²) in [6.45, 7) is 7.02. The van der Waals surface area contributed by atoms with Crippen molar-refractivity contribution in [3.05, 3.63) is 51.2 Å². The summed E-state index contributed by atoms with van der Waals surface area (Å²) in [6, 6.07) is 10.4. The number of carbonyl (C=O) groups is 2. The SMILES string of the molecule is CCc1sc(CC(C)C)cc1C(Nc1ccc(C(=O)N(C)CCC(=O)O)cc1)C1CCCCC1. The molecule has 0 bridgehead atoms. The third kappa shape index (κ3) is 7.08. The van der Waals surface area contributed by atoms with Crippen molar-refractivity contribution >= 4 is 28.9 Å². The Labute approximate surface area is 208 Å². The highest BCUT2D eigenvalue weighted by Crippen LogP contribution is 2.41. The number of amides is 1. The van der Waals surface area contributed by atoms with Gasteiger partial charge in [-0.2, -0.15) is 0 Å². The van der Waals surface area contributed by atoms with Crippen molar-refractivity contribution in [2.45, 2.75) is 78.2 Å². The molecule has 0 saturated heterocycles. The van der Waals surface area contributed by atoms with Crippen LogP contribution in [-0.2, 0) is 17.6 Å². The number of aryl methyl sites for hydroxylation is 1. The van der Waals surface area contributed by atoms with Gasteiger partial charge in [-0.1, -0.05) is 40.0 Å². The van der Waals surface area contributed by atoms with Crippen LogP contribution in [0.2, 0.25) is 0 Å². The lowest BCUT2D eigenvalue weighted by Crippen LogP contribution is -2.29. The molecule has 34 heavy (non-hydrogen) atoms. The first kappa shape index (κ1) is 26.3. The minimum Gasteiger partial charge on any atom is -0.481 e. The maximum absolute atomic E-state index is 12.6. The normalized spacial score (nSPS) is 15.3. The van der Waals surface area contributed by atoms with E-state index in [1.54, 1.807) is 7.05 Å². The number of carboxylic acid groups (broad SMARTS) is 1. The molecule has 1 atom stereocenters. The van der Waals surface area contributed by atoms with Crippen LogP contribution >= 0.6 is 11.3 Å². The Balaban J connectivity index is 1.80. The summed E-state index contributed by atoms with van der Waals surface area (Å²) in [5, 5.41) is 12.7. The molecule has 2 N–H and O–H groups in total. The van der Waals surface area contributed by atoms with Gasteiger partial charge in [0.1, 0.15) is 0 Å². The Hall–Kier alpha value is -2.34. The Kier molecular flexibility index (Phi) is 9.57. The largest absolute Gasteiger partial charge is 0.481 e. The Bertz CT molecular complexity index is 945. The zero-order valence-electron chi connectivity index (χ0n) is 21.1. The molecule has 1 fully saturated rings. The molecule has 1 aromatic heterocycles. The summed E-state index contributed by atoms with van der Waals surface area (Å²) >= 11 is 1.97. The van der Waals surface area contributed by atoms with Crippen molar-refractivity contribution in [2.75, 3.05) is 18.9 Å². The molecule has 1 aromatic carbocycles. The second-order valence-electron chi connectivity index (χ2n) is 10.0. The Morgan fingerprint density at radius 2 is 1.82 bits per heavy atom. The number of benzene rings is 1. The van der Waals surface area contributed by atoms with E-state index in [4.69, 9.17) is 5.11 Å². The van der Waals surface area contributed by atoms with E-state index in [1.165, 1.54) is 52.3 Å². The molecule has 186 valence electrons. The monoisotopic (exact) mass is 484 g/mol. The number of rotatable bonds is 11. The van der Waals surface area contributed by atoms with Crippen molar-refractivity contribution in [1.82, 2.24) is 4.90 Å². The maximum atomic E-state index is 12.6. The summed E-state index contributed by atoms with van der Waals surface area (Å²) in [4.78, 5) is 27.9. The van der Waals surface area contributed by atoms with Crippen LogP contribution in [0.15, 0.2) is 30.3 Å². The second-order valence-corrected chi connectivity index (χ2v) is 11.2. The van der Waals surface area contributed by atoms with E-state index in [0.29, 0.717) is 17.4 Å². The van der Waals surface area contributed by atoms with Crippen molar-refractivity contribution < 1.29 is 14.7 Å². The van der Waals surface area contributed by atoms with Gasteiger partial charge in [-0.15, -0.1) is 11.3 Å². The Morgan fingerprint density at radius 1 is 1.15 bits per heavy atom. The topological polar surface area (TPSA) is 69.6 Å². The molecule has 1 saturated carbocycles.